The SMILES string of the molecule is Cc1cc(C2CCCCCN2C(=O)c2c(C)noc2C)on1. The third-order valence-corrected chi connectivity index (χ3v) is 4.24. The van der Waals surface area contributed by atoms with Gasteiger partial charge in [0.25, 0.3) is 5.91 Å². The van der Waals surface area contributed by atoms with Crippen molar-refractivity contribution in [3.63, 3.8) is 0 Å². The number of likely N-dealkylation sites (tertiary alicyclic amines) is 1. The van der Waals surface area contributed by atoms with Crippen molar-refractivity contribution in [2.75, 3.05) is 6.54 Å². The fourth-order valence-corrected chi connectivity index (χ4v) is 3.12. The van der Waals surface area contributed by atoms with Crippen LogP contribution in [-0.4, -0.2) is 27.7 Å². The molecule has 1 unspecified atom stereocenters. The molecule has 0 radical (unpaired) electrons. The Morgan fingerprint density at radius 3 is 2.64 bits per heavy atom. The van der Waals surface area contributed by atoms with Crippen LogP contribution in [0.3, 0.4) is 0 Å². The monoisotopic (exact) mass is 303 g/mol. The lowest BCUT2D eigenvalue weighted by Gasteiger charge is -2.28. The molecule has 2 aromatic rings. The smallest absolute Gasteiger partial charge is 0.259 e. The van der Waals surface area contributed by atoms with Crippen molar-refractivity contribution in [3.8, 4) is 0 Å². The molecule has 0 saturated carbocycles. The first-order valence-corrected chi connectivity index (χ1v) is 7.75. The van der Waals surface area contributed by atoms with Crippen LogP contribution in [0.15, 0.2) is 15.1 Å². The molecule has 0 N–H and O–H groups in total. The number of aromatic nitrogens is 2. The largest absolute Gasteiger partial charge is 0.361 e. The minimum Gasteiger partial charge on any atom is -0.361 e. The number of carbonyl (C=O) groups excluding carboxylic acids is 1. The Morgan fingerprint density at radius 1 is 1.18 bits per heavy atom. The van der Waals surface area contributed by atoms with Gasteiger partial charge < -0.3 is 13.9 Å². The van der Waals surface area contributed by atoms with Crippen molar-refractivity contribution >= 4 is 5.91 Å². The summed E-state index contributed by atoms with van der Waals surface area (Å²) in [7, 11) is 0. The second-order valence-electron chi connectivity index (χ2n) is 5.93. The maximum absolute atomic E-state index is 13.0. The van der Waals surface area contributed by atoms with Gasteiger partial charge in [0.05, 0.1) is 17.4 Å². The second kappa shape index (κ2) is 5.94. The number of hydrogen-bond donors (Lipinski definition) is 0. The first-order chi connectivity index (χ1) is 10.6. The first-order valence-electron chi connectivity index (χ1n) is 7.75. The molecule has 0 bridgehead atoms. The zero-order chi connectivity index (χ0) is 15.7. The van der Waals surface area contributed by atoms with E-state index in [9.17, 15) is 4.79 Å². The maximum atomic E-state index is 13.0. The molecule has 0 spiro atoms. The molecule has 3 heterocycles. The quantitative estimate of drug-likeness (QED) is 0.850. The molecule has 6 heteroatoms. The van der Waals surface area contributed by atoms with E-state index in [4.69, 9.17) is 9.05 Å². The molecular formula is C16H21N3O3. The summed E-state index contributed by atoms with van der Waals surface area (Å²) < 4.78 is 10.6. The highest BCUT2D eigenvalue weighted by Crippen LogP contribution is 2.32. The molecule has 22 heavy (non-hydrogen) atoms. The fourth-order valence-electron chi connectivity index (χ4n) is 3.12. The predicted molar refractivity (Wildman–Crippen MR) is 79.5 cm³/mol. The minimum atomic E-state index is -0.0649. The second-order valence-corrected chi connectivity index (χ2v) is 5.93. The highest BCUT2D eigenvalue weighted by molar-refractivity contribution is 5.96. The van der Waals surface area contributed by atoms with Crippen LogP contribution >= 0.6 is 0 Å². The average Bonchev–Trinajstić information content (AvgIpc) is 2.96. The van der Waals surface area contributed by atoms with E-state index in [1.807, 2.05) is 17.9 Å². The summed E-state index contributed by atoms with van der Waals surface area (Å²) in [5, 5.41) is 7.87. The molecule has 3 rings (SSSR count). The summed E-state index contributed by atoms with van der Waals surface area (Å²) in [6.07, 6.45) is 4.09. The Bertz CT molecular complexity index is 654. The highest BCUT2D eigenvalue weighted by Gasteiger charge is 2.32. The van der Waals surface area contributed by atoms with E-state index in [0.29, 0.717) is 23.6 Å². The molecule has 1 amide bonds. The zero-order valence-corrected chi connectivity index (χ0v) is 13.3. The van der Waals surface area contributed by atoms with Crippen LogP contribution in [0.1, 0.15) is 65.0 Å². The Balaban J connectivity index is 1.95. The van der Waals surface area contributed by atoms with Gasteiger partial charge in [-0.3, -0.25) is 4.79 Å². The van der Waals surface area contributed by atoms with E-state index in [2.05, 4.69) is 10.3 Å². The molecular weight excluding hydrogens is 282 g/mol. The molecule has 1 saturated heterocycles. The van der Waals surface area contributed by atoms with Gasteiger partial charge in [-0.15, -0.1) is 0 Å². The fraction of sp³-hybridized carbons (Fsp3) is 0.562. The molecule has 1 aliphatic heterocycles. The van der Waals surface area contributed by atoms with Crippen LogP contribution in [0.2, 0.25) is 0 Å². The van der Waals surface area contributed by atoms with Gasteiger partial charge in [0.2, 0.25) is 0 Å². The van der Waals surface area contributed by atoms with E-state index >= 15 is 0 Å². The third-order valence-electron chi connectivity index (χ3n) is 4.24. The first kappa shape index (κ1) is 14.8. The van der Waals surface area contributed by atoms with Gasteiger partial charge in [0, 0.05) is 12.6 Å². The molecule has 1 aliphatic rings. The standard InChI is InChI=1S/C16H21N3O3/c1-10-9-14(22-17-10)13-7-5-4-6-8-19(13)16(20)15-11(2)18-21-12(15)3/h9,13H,4-8H2,1-3H3. The lowest BCUT2D eigenvalue weighted by Crippen LogP contribution is -2.35. The van der Waals surface area contributed by atoms with Crippen LogP contribution in [0.4, 0.5) is 0 Å². The highest BCUT2D eigenvalue weighted by atomic mass is 16.5. The lowest BCUT2D eigenvalue weighted by molar-refractivity contribution is 0.0648. The summed E-state index contributed by atoms with van der Waals surface area (Å²) in [6.45, 7) is 6.19. The van der Waals surface area contributed by atoms with Crippen molar-refractivity contribution in [1.29, 1.82) is 0 Å². The van der Waals surface area contributed by atoms with Gasteiger partial charge in [-0.1, -0.05) is 23.2 Å². The molecule has 118 valence electrons. The number of aryl methyl sites for hydroxylation is 3. The van der Waals surface area contributed by atoms with E-state index in [-0.39, 0.29) is 11.9 Å². The van der Waals surface area contributed by atoms with Crippen molar-refractivity contribution in [3.05, 3.63) is 34.5 Å². The summed E-state index contributed by atoms with van der Waals surface area (Å²) in [5.41, 5.74) is 2.05. The number of hydrogen-bond acceptors (Lipinski definition) is 5. The Labute approximate surface area is 129 Å². The van der Waals surface area contributed by atoms with Crippen LogP contribution < -0.4 is 0 Å². The molecule has 6 nitrogen and oxygen atoms in total. The van der Waals surface area contributed by atoms with E-state index in [1.54, 1.807) is 13.8 Å². The Kier molecular flexibility index (Phi) is 4.00. The van der Waals surface area contributed by atoms with E-state index in [0.717, 1.165) is 37.1 Å². The van der Waals surface area contributed by atoms with Gasteiger partial charge in [0.15, 0.2) is 5.76 Å². The molecule has 0 aromatic carbocycles. The molecule has 1 atom stereocenters. The van der Waals surface area contributed by atoms with Crippen LogP contribution in [0.5, 0.6) is 0 Å². The number of amides is 1. The van der Waals surface area contributed by atoms with Gasteiger partial charge in [0.1, 0.15) is 11.3 Å². The topological polar surface area (TPSA) is 72.4 Å². The third kappa shape index (κ3) is 2.65. The summed E-state index contributed by atoms with van der Waals surface area (Å²) in [6, 6.07) is 1.86. The van der Waals surface area contributed by atoms with Crippen LogP contribution in [0, 0.1) is 20.8 Å². The van der Waals surface area contributed by atoms with Crippen LogP contribution in [0.25, 0.3) is 0 Å². The predicted octanol–water partition coefficient (Wildman–Crippen LogP) is 3.35. The van der Waals surface area contributed by atoms with Crippen molar-refractivity contribution in [2.24, 2.45) is 0 Å². The van der Waals surface area contributed by atoms with Crippen molar-refractivity contribution in [2.45, 2.75) is 52.5 Å². The molecule has 1 fully saturated rings. The van der Waals surface area contributed by atoms with Gasteiger partial charge in [-0.2, -0.15) is 0 Å². The van der Waals surface area contributed by atoms with Crippen molar-refractivity contribution in [1.82, 2.24) is 15.2 Å². The van der Waals surface area contributed by atoms with Crippen molar-refractivity contribution < 1.29 is 13.8 Å². The number of carbonyl (C=O) groups is 1. The normalized spacial score (nSPS) is 19.2. The Morgan fingerprint density at radius 2 is 2.00 bits per heavy atom. The molecule has 2 aromatic heterocycles. The number of rotatable bonds is 2. The Hall–Kier alpha value is -2.11. The zero-order valence-electron chi connectivity index (χ0n) is 13.3. The maximum Gasteiger partial charge on any atom is 0.259 e. The minimum absolute atomic E-state index is 0.0304. The average molecular weight is 303 g/mol. The number of nitrogens with zero attached hydrogens (tertiary/aromatic N) is 3. The summed E-state index contributed by atoms with van der Waals surface area (Å²) >= 11 is 0. The van der Waals surface area contributed by atoms with Crippen LogP contribution in [-0.2, 0) is 0 Å². The summed E-state index contributed by atoms with van der Waals surface area (Å²) in [5.74, 6) is 1.30. The summed E-state index contributed by atoms with van der Waals surface area (Å²) in [4.78, 5) is 14.9. The van der Waals surface area contributed by atoms with E-state index in [1.165, 1.54) is 0 Å². The lowest BCUT2D eigenvalue weighted by atomic mass is 10.1. The van der Waals surface area contributed by atoms with Gasteiger partial charge in [-0.05, 0) is 33.6 Å². The molecule has 0 aliphatic carbocycles. The van der Waals surface area contributed by atoms with Gasteiger partial charge in [-0.25, -0.2) is 0 Å². The van der Waals surface area contributed by atoms with E-state index < -0.39 is 0 Å². The van der Waals surface area contributed by atoms with Gasteiger partial charge >= 0.3 is 0 Å².